The first-order chi connectivity index (χ1) is 16.4. The average molecular weight is 488 g/mol. The van der Waals surface area contributed by atoms with Crippen molar-refractivity contribution in [2.75, 3.05) is 34.0 Å². The highest BCUT2D eigenvalue weighted by atomic mass is 35.5. The summed E-state index contributed by atoms with van der Waals surface area (Å²) >= 11 is 6.15. The summed E-state index contributed by atoms with van der Waals surface area (Å²) in [4.78, 5) is 39.1. The number of nitrogens with one attached hydrogen (secondary N) is 2. The number of carbonyl (C=O) groups is 3. The van der Waals surface area contributed by atoms with Crippen molar-refractivity contribution in [2.24, 2.45) is 5.92 Å². The first-order valence-corrected chi connectivity index (χ1v) is 11.5. The Bertz CT molecular complexity index is 1040. The summed E-state index contributed by atoms with van der Waals surface area (Å²) in [6, 6.07) is 12.4. The van der Waals surface area contributed by atoms with Crippen LogP contribution in [0.1, 0.15) is 40.9 Å². The number of amides is 2. The highest BCUT2D eigenvalue weighted by Gasteiger charge is 2.31. The van der Waals surface area contributed by atoms with Gasteiger partial charge in [0.2, 0.25) is 11.8 Å². The number of esters is 1. The highest BCUT2D eigenvalue weighted by Crippen LogP contribution is 2.26. The normalized spacial score (nSPS) is 17.1. The molecule has 2 aromatic carbocycles. The third-order valence-corrected chi connectivity index (χ3v) is 6.13. The first-order valence-electron chi connectivity index (χ1n) is 11.2. The molecule has 0 aromatic heterocycles. The Kier molecular flexibility index (Phi) is 8.90. The SMILES string of the molecule is CC[C@@H](NCN1CC(=O)NC[C@H](Cc2cc(Cl)ccc2OC)C1=O)c1cccc(C(=O)OC)c1. The molecule has 0 bridgehead atoms. The van der Waals surface area contributed by atoms with E-state index >= 15 is 0 Å². The number of benzene rings is 2. The summed E-state index contributed by atoms with van der Waals surface area (Å²) < 4.78 is 10.2. The second-order valence-corrected chi connectivity index (χ2v) is 8.57. The minimum Gasteiger partial charge on any atom is -0.496 e. The van der Waals surface area contributed by atoms with E-state index in [-0.39, 0.29) is 37.6 Å². The van der Waals surface area contributed by atoms with E-state index in [9.17, 15) is 14.4 Å². The van der Waals surface area contributed by atoms with Crippen LogP contribution in [0.25, 0.3) is 0 Å². The zero-order chi connectivity index (χ0) is 24.7. The summed E-state index contributed by atoms with van der Waals surface area (Å²) in [6.45, 7) is 2.40. The third-order valence-electron chi connectivity index (χ3n) is 5.90. The predicted octanol–water partition coefficient (Wildman–Crippen LogP) is 2.95. The molecule has 2 amide bonds. The number of nitrogens with zero attached hydrogens (tertiary/aromatic N) is 1. The lowest BCUT2D eigenvalue weighted by molar-refractivity contribution is -0.137. The smallest absolute Gasteiger partial charge is 0.337 e. The number of hydrogen-bond donors (Lipinski definition) is 2. The fraction of sp³-hybridized carbons (Fsp3) is 0.400. The van der Waals surface area contributed by atoms with Crippen molar-refractivity contribution in [3.63, 3.8) is 0 Å². The van der Waals surface area contributed by atoms with Crippen LogP contribution in [0.4, 0.5) is 0 Å². The standard InChI is InChI=1S/C25H30ClN3O5/c1-4-21(16-6-5-7-17(10-16)25(32)34-3)28-15-29-14-23(30)27-13-19(24(29)31)11-18-12-20(26)8-9-22(18)33-2/h5-10,12,19,21,28H,4,11,13-15H2,1-3H3,(H,27,30)/t19-,21+/m0/s1. The summed E-state index contributed by atoms with van der Waals surface area (Å²) in [6.07, 6.45) is 1.11. The minimum atomic E-state index is -0.455. The second kappa shape index (κ2) is 11.9. The summed E-state index contributed by atoms with van der Waals surface area (Å²) in [5.41, 5.74) is 2.17. The van der Waals surface area contributed by atoms with Crippen molar-refractivity contribution >= 4 is 29.4 Å². The second-order valence-electron chi connectivity index (χ2n) is 8.14. The monoisotopic (exact) mass is 487 g/mol. The van der Waals surface area contributed by atoms with Gasteiger partial charge in [-0.3, -0.25) is 14.9 Å². The molecule has 182 valence electrons. The van der Waals surface area contributed by atoms with Gasteiger partial charge in [0.15, 0.2) is 0 Å². The zero-order valence-corrected chi connectivity index (χ0v) is 20.4. The van der Waals surface area contributed by atoms with Crippen LogP contribution in [-0.2, 0) is 20.7 Å². The number of hydrogen-bond acceptors (Lipinski definition) is 6. The van der Waals surface area contributed by atoms with Crippen LogP contribution in [0.15, 0.2) is 42.5 Å². The number of halogens is 1. The Morgan fingerprint density at radius 1 is 1.24 bits per heavy atom. The first kappa shape index (κ1) is 25.5. The van der Waals surface area contributed by atoms with Gasteiger partial charge in [0.25, 0.3) is 0 Å². The van der Waals surface area contributed by atoms with Crippen molar-refractivity contribution in [3.8, 4) is 5.75 Å². The Labute approximate surface area is 204 Å². The molecule has 1 fully saturated rings. The molecule has 1 heterocycles. The molecule has 0 saturated carbocycles. The van der Waals surface area contributed by atoms with E-state index in [0.29, 0.717) is 22.8 Å². The minimum absolute atomic E-state index is 0.0341. The van der Waals surface area contributed by atoms with Gasteiger partial charge in [-0.05, 0) is 54.3 Å². The molecule has 2 aromatic rings. The van der Waals surface area contributed by atoms with E-state index in [4.69, 9.17) is 21.1 Å². The van der Waals surface area contributed by atoms with Crippen LogP contribution in [0, 0.1) is 5.92 Å². The van der Waals surface area contributed by atoms with E-state index in [1.807, 2.05) is 13.0 Å². The zero-order valence-electron chi connectivity index (χ0n) is 19.6. The lowest BCUT2D eigenvalue weighted by Gasteiger charge is -2.27. The molecule has 0 spiro atoms. The number of ether oxygens (including phenoxy) is 2. The molecule has 0 aliphatic carbocycles. The maximum Gasteiger partial charge on any atom is 0.337 e. The van der Waals surface area contributed by atoms with Crippen LogP contribution in [0.3, 0.4) is 0 Å². The van der Waals surface area contributed by atoms with Gasteiger partial charge < -0.3 is 19.7 Å². The van der Waals surface area contributed by atoms with Gasteiger partial charge in [-0.1, -0.05) is 30.7 Å². The fourth-order valence-electron chi connectivity index (χ4n) is 4.07. The molecule has 2 atom stereocenters. The average Bonchev–Trinajstić information content (AvgIpc) is 2.97. The van der Waals surface area contributed by atoms with Crippen LogP contribution in [0.2, 0.25) is 5.02 Å². The van der Waals surface area contributed by atoms with E-state index in [2.05, 4.69) is 10.6 Å². The maximum atomic E-state index is 13.4. The summed E-state index contributed by atoms with van der Waals surface area (Å²) in [5.74, 6) is -0.560. The Hall–Kier alpha value is -3.10. The Morgan fingerprint density at radius 2 is 2.03 bits per heavy atom. The van der Waals surface area contributed by atoms with Crippen LogP contribution in [0.5, 0.6) is 5.75 Å². The van der Waals surface area contributed by atoms with Crippen molar-refractivity contribution in [1.29, 1.82) is 0 Å². The van der Waals surface area contributed by atoms with Gasteiger partial charge in [0.1, 0.15) is 12.3 Å². The van der Waals surface area contributed by atoms with Crippen molar-refractivity contribution in [3.05, 3.63) is 64.2 Å². The van der Waals surface area contributed by atoms with E-state index in [1.165, 1.54) is 12.0 Å². The topological polar surface area (TPSA) is 97.0 Å². The molecule has 0 radical (unpaired) electrons. The van der Waals surface area contributed by atoms with Crippen molar-refractivity contribution in [1.82, 2.24) is 15.5 Å². The van der Waals surface area contributed by atoms with Crippen LogP contribution >= 0.6 is 11.6 Å². The van der Waals surface area contributed by atoms with Crippen molar-refractivity contribution in [2.45, 2.75) is 25.8 Å². The van der Waals surface area contributed by atoms with Crippen LogP contribution in [-0.4, -0.2) is 56.7 Å². The van der Waals surface area contributed by atoms with E-state index in [0.717, 1.165) is 17.5 Å². The van der Waals surface area contributed by atoms with Crippen LogP contribution < -0.4 is 15.4 Å². The summed E-state index contributed by atoms with van der Waals surface area (Å²) in [5, 5.41) is 6.75. The van der Waals surface area contributed by atoms with Gasteiger partial charge in [-0.15, -0.1) is 0 Å². The molecule has 1 saturated heterocycles. The van der Waals surface area contributed by atoms with Gasteiger partial charge in [0.05, 0.1) is 32.4 Å². The molecule has 34 heavy (non-hydrogen) atoms. The molecule has 3 rings (SSSR count). The quantitative estimate of drug-likeness (QED) is 0.528. The lowest BCUT2D eigenvalue weighted by Crippen LogP contribution is -2.44. The molecule has 1 aliphatic heterocycles. The van der Waals surface area contributed by atoms with Gasteiger partial charge in [0, 0.05) is 17.6 Å². The molecular weight excluding hydrogens is 458 g/mol. The van der Waals surface area contributed by atoms with Gasteiger partial charge in [-0.25, -0.2) is 4.79 Å². The lowest BCUT2D eigenvalue weighted by atomic mass is 9.97. The number of methoxy groups -OCH3 is 2. The third kappa shape index (κ3) is 6.27. The molecule has 1 aliphatic rings. The summed E-state index contributed by atoms with van der Waals surface area (Å²) in [7, 11) is 2.91. The predicted molar refractivity (Wildman–Crippen MR) is 129 cm³/mol. The molecule has 9 heteroatoms. The van der Waals surface area contributed by atoms with Gasteiger partial charge in [-0.2, -0.15) is 0 Å². The maximum absolute atomic E-state index is 13.4. The molecule has 0 unspecified atom stereocenters. The van der Waals surface area contributed by atoms with Crippen molar-refractivity contribution < 1.29 is 23.9 Å². The Morgan fingerprint density at radius 3 is 2.74 bits per heavy atom. The highest BCUT2D eigenvalue weighted by molar-refractivity contribution is 6.30. The molecule has 2 N–H and O–H groups in total. The van der Waals surface area contributed by atoms with Gasteiger partial charge >= 0.3 is 5.97 Å². The number of rotatable bonds is 9. The van der Waals surface area contributed by atoms with E-state index < -0.39 is 11.9 Å². The molecular formula is C25H30ClN3O5. The molecule has 8 nitrogen and oxygen atoms in total. The fourth-order valence-corrected chi connectivity index (χ4v) is 4.27. The number of carbonyl (C=O) groups excluding carboxylic acids is 3. The Balaban J connectivity index is 1.74. The largest absolute Gasteiger partial charge is 0.496 e. The van der Waals surface area contributed by atoms with E-state index in [1.54, 1.807) is 43.5 Å².